The van der Waals surface area contributed by atoms with Crippen LogP contribution in [0.2, 0.25) is 0 Å². The smallest absolute Gasteiger partial charge is 0.272 e. The number of nitro groups is 1. The molecule has 0 saturated carbocycles. The molecule has 0 bridgehead atoms. The normalized spacial score (nSPS) is 22.6. The van der Waals surface area contributed by atoms with Crippen molar-refractivity contribution in [3.63, 3.8) is 0 Å². The number of carbonyl (C=O) groups excluding carboxylic acids is 1. The van der Waals surface area contributed by atoms with Gasteiger partial charge in [0, 0.05) is 36.8 Å². The maximum Gasteiger partial charge on any atom is 0.272 e. The van der Waals surface area contributed by atoms with Gasteiger partial charge in [-0.15, -0.1) is 0 Å². The van der Waals surface area contributed by atoms with E-state index in [0.717, 1.165) is 18.7 Å². The first-order chi connectivity index (χ1) is 10.3. The maximum absolute atomic E-state index is 12.7. The average Bonchev–Trinajstić information content (AvgIpc) is 2.39. The predicted molar refractivity (Wildman–Crippen MR) is 84.8 cm³/mol. The minimum atomic E-state index is -0.398. The van der Waals surface area contributed by atoms with E-state index >= 15 is 0 Å². The zero-order chi connectivity index (χ0) is 16.4. The van der Waals surface area contributed by atoms with E-state index in [9.17, 15) is 14.9 Å². The third-order valence-electron chi connectivity index (χ3n) is 4.35. The fourth-order valence-electron chi connectivity index (χ4n) is 3.39. The topological polar surface area (TPSA) is 66.7 Å². The first-order valence-electron chi connectivity index (χ1n) is 7.53. The van der Waals surface area contributed by atoms with Gasteiger partial charge in [-0.1, -0.05) is 12.1 Å². The summed E-state index contributed by atoms with van der Waals surface area (Å²) in [6.07, 6.45) is 0.214. The van der Waals surface area contributed by atoms with Gasteiger partial charge in [-0.2, -0.15) is 0 Å². The number of nitrogens with zero attached hydrogens (tertiary/aromatic N) is 3. The number of hydrogen-bond donors (Lipinski definition) is 0. The number of piperazine rings is 1. The molecule has 1 aliphatic rings. The van der Waals surface area contributed by atoms with Gasteiger partial charge >= 0.3 is 0 Å². The highest BCUT2D eigenvalue weighted by molar-refractivity contribution is 5.80. The number of hydrogen-bond acceptors (Lipinski definition) is 4. The van der Waals surface area contributed by atoms with Gasteiger partial charge in [-0.05, 0) is 33.4 Å². The highest BCUT2D eigenvalue weighted by atomic mass is 16.6. The van der Waals surface area contributed by atoms with E-state index in [1.807, 2.05) is 18.7 Å². The van der Waals surface area contributed by atoms with Gasteiger partial charge in [-0.3, -0.25) is 14.9 Å². The van der Waals surface area contributed by atoms with Crippen molar-refractivity contribution in [3.05, 3.63) is 39.4 Å². The van der Waals surface area contributed by atoms with E-state index in [2.05, 4.69) is 11.9 Å². The van der Waals surface area contributed by atoms with Crippen molar-refractivity contribution in [3.8, 4) is 0 Å². The lowest BCUT2D eigenvalue weighted by Gasteiger charge is -2.43. The largest absolute Gasteiger partial charge is 0.334 e. The van der Waals surface area contributed by atoms with Crippen molar-refractivity contribution < 1.29 is 9.72 Å². The molecule has 2 atom stereocenters. The van der Waals surface area contributed by atoms with E-state index in [1.54, 1.807) is 19.1 Å². The van der Waals surface area contributed by atoms with Crippen LogP contribution in [0.15, 0.2) is 18.2 Å². The molecule has 1 amide bonds. The first-order valence-corrected chi connectivity index (χ1v) is 7.53. The Morgan fingerprint density at radius 1 is 1.32 bits per heavy atom. The van der Waals surface area contributed by atoms with Crippen LogP contribution >= 0.6 is 0 Å². The van der Waals surface area contributed by atoms with Crippen molar-refractivity contribution >= 4 is 11.6 Å². The Kier molecular flexibility index (Phi) is 4.81. The summed E-state index contributed by atoms with van der Waals surface area (Å²) in [6, 6.07) is 5.22. The minimum Gasteiger partial charge on any atom is -0.334 e. The van der Waals surface area contributed by atoms with Crippen LogP contribution in [0.5, 0.6) is 0 Å². The van der Waals surface area contributed by atoms with Crippen LogP contribution < -0.4 is 0 Å². The highest BCUT2D eigenvalue weighted by Gasteiger charge is 2.31. The number of rotatable bonds is 3. The fraction of sp³-hybridized carbons (Fsp3) is 0.562. The van der Waals surface area contributed by atoms with Crippen molar-refractivity contribution in [2.45, 2.75) is 39.3 Å². The molecular weight excluding hydrogens is 282 g/mol. The molecule has 6 nitrogen and oxygen atoms in total. The number of amides is 1. The van der Waals surface area contributed by atoms with Gasteiger partial charge in [0.15, 0.2) is 0 Å². The summed E-state index contributed by atoms with van der Waals surface area (Å²) in [5.41, 5.74) is 1.39. The fourth-order valence-corrected chi connectivity index (χ4v) is 3.39. The molecule has 0 N–H and O–H groups in total. The van der Waals surface area contributed by atoms with Crippen molar-refractivity contribution in [1.82, 2.24) is 9.80 Å². The minimum absolute atomic E-state index is 0.0386. The highest BCUT2D eigenvalue weighted by Crippen LogP contribution is 2.23. The van der Waals surface area contributed by atoms with Crippen LogP contribution in [0.4, 0.5) is 5.69 Å². The summed E-state index contributed by atoms with van der Waals surface area (Å²) in [5.74, 6) is 0.0386. The third kappa shape index (κ3) is 3.27. The molecule has 1 saturated heterocycles. The van der Waals surface area contributed by atoms with E-state index in [4.69, 9.17) is 0 Å². The molecule has 6 heteroatoms. The molecule has 2 rings (SSSR count). The molecule has 120 valence electrons. The summed E-state index contributed by atoms with van der Waals surface area (Å²) < 4.78 is 0. The van der Waals surface area contributed by atoms with Crippen molar-refractivity contribution in [2.24, 2.45) is 0 Å². The molecule has 0 unspecified atom stereocenters. The Balaban J connectivity index is 2.19. The molecule has 22 heavy (non-hydrogen) atoms. The Hall–Kier alpha value is -1.95. The molecule has 1 heterocycles. The molecule has 1 aliphatic heterocycles. The lowest BCUT2D eigenvalue weighted by molar-refractivity contribution is -0.385. The van der Waals surface area contributed by atoms with E-state index < -0.39 is 4.92 Å². The summed E-state index contributed by atoms with van der Waals surface area (Å²) >= 11 is 0. The second kappa shape index (κ2) is 6.44. The van der Waals surface area contributed by atoms with Crippen LogP contribution in [-0.2, 0) is 11.2 Å². The monoisotopic (exact) mass is 305 g/mol. The summed E-state index contributed by atoms with van der Waals surface area (Å²) in [7, 11) is 2.06. The Morgan fingerprint density at radius 2 is 1.91 bits per heavy atom. The second-order valence-corrected chi connectivity index (χ2v) is 6.22. The summed E-state index contributed by atoms with van der Waals surface area (Å²) in [6.45, 7) is 7.50. The number of likely N-dealkylation sites (N-methyl/N-ethyl adjacent to an activating group) is 1. The first kappa shape index (κ1) is 16.4. The van der Waals surface area contributed by atoms with Crippen molar-refractivity contribution in [1.29, 1.82) is 0 Å². The zero-order valence-corrected chi connectivity index (χ0v) is 13.6. The van der Waals surface area contributed by atoms with Crippen LogP contribution in [0.25, 0.3) is 0 Å². The van der Waals surface area contributed by atoms with Crippen LogP contribution in [0, 0.1) is 17.0 Å². The molecular formula is C16H23N3O3. The second-order valence-electron chi connectivity index (χ2n) is 6.22. The van der Waals surface area contributed by atoms with Gasteiger partial charge in [0.25, 0.3) is 5.69 Å². The van der Waals surface area contributed by atoms with E-state index in [-0.39, 0.29) is 30.1 Å². The maximum atomic E-state index is 12.7. The van der Waals surface area contributed by atoms with Gasteiger partial charge in [0.1, 0.15) is 0 Å². The average molecular weight is 305 g/mol. The molecule has 1 aromatic rings. The molecule has 0 aromatic heterocycles. The Bertz CT molecular complexity index is 576. The molecule has 0 aliphatic carbocycles. The lowest BCUT2D eigenvalue weighted by Crippen LogP contribution is -2.57. The number of benzene rings is 1. The van der Waals surface area contributed by atoms with Crippen LogP contribution in [0.3, 0.4) is 0 Å². The summed E-state index contributed by atoms with van der Waals surface area (Å²) in [5, 5.41) is 11.0. The summed E-state index contributed by atoms with van der Waals surface area (Å²) in [4.78, 5) is 27.4. The molecule has 1 fully saturated rings. The standard InChI is InChI=1S/C16H23N3O3/c1-11-9-17(4)10-12(2)18(11)16(20)8-14-6-5-7-15(13(14)3)19(21)22/h5-7,11-12H,8-10H2,1-4H3/t11-,12-/m1/s1. The van der Waals surface area contributed by atoms with Gasteiger partial charge in [-0.25, -0.2) is 0 Å². The lowest BCUT2D eigenvalue weighted by atomic mass is 10.0. The number of carbonyl (C=O) groups is 1. The van der Waals surface area contributed by atoms with Crippen molar-refractivity contribution in [2.75, 3.05) is 20.1 Å². The Morgan fingerprint density at radius 3 is 2.45 bits per heavy atom. The number of nitro benzene ring substituents is 1. The Labute approximate surface area is 130 Å². The van der Waals surface area contributed by atoms with Gasteiger partial charge in [0.05, 0.1) is 11.3 Å². The SMILES string of the molecule is Cc1c(CC(=O)N2[C@H](C)CN(C)C[C@H]2C)cccc1[N+](=O)[O-]. The zero-order valence-electron chi connectivity index (χ0n) is 13.6. The van der Waals surface area contributed by atoms with Gasteiger partial charge < -0.3 is 9.80 Å². The van der Waals surface area contributed by atoms with Crippen LogP contribution in [0.1, 0.15) is 25.0 Å². The molecule has 0 spiro atoms. The predicted octanol–water partition coefficient (Wildman–Crippen LogP) is 2.00. The molecule has 1 aromatic carbocycles. The quantitative estimate of drug-likeness (QED) is 0.633. The van der Waals surface area contributed by atoms with E-state index in [1.165, 1.54) is 6.07 Å². The molecule has 0 radical (unpaired) electrons. The third-order valence-corrected chi connectivity index (χ3v) is 4.35. The van der Waals surface area contributed by atoms with E-state index in [0.29, 0.717) is 5.56 Å². The van der Waals surface area contributed by atoms with Gasteiger partial charge in [0.2, 0.25) is 5.91 Å². The van der Waals surface area contributed by atoms with Crippen LogP contribution in [-0.4, -0.2) is 52.9 Å².